The summed E-state index contributed by atoms with van der Waals surface area (Å²) in [4.78, 5) is 3.67. The molecule has 1 atom stereocenters. The predicted octanol–water partition coefficient (Wildman–Crippen LogP) is 5.88. The average molecular weight is 392 g/mol. The van der Waals surface area contributed by atoms with E-state index in [1.54, 1.807) is 0 Å². The first-order valence-electron chi connectivity index (χ1n) is 9.37. The Balaban J connectivity index is 1.98. The van der Waals surface area contributed by atoms with Gasteiger partial charge in [-0.3, -0.25) is 0 Å². The lowest BCUT2D eigenvalue weighted by atomic mass is 9.82. The molecule has 0 aromatic heterocycles. The highest BCUT2D eigenvalue weighted by Gasteiger charge is 2.41. The lowest BCUT2D eigenvalue weighted by molar-refractivity contribution is 0.437. The fraction of sp³-hybridized carbons (Fsp3) is 0.250. The molecule has 1 heterocycles. The molecule has 3 aromatic carbocycles. The monoisotopic (exact) mass is 391 g/mol. The first kappa shape index (κ1) is 18.7. The van der Waals surface area contributed by atoms with Gasteiger partial charge in [-0.2, -0.15) is 0 Å². The van der Waals surface area contributed by atoms with Crippen LogP contribution in [-0.4, -0.2) is 31.3 Å². The molecule has 0 radical (unpaired) electrons. The summed E-state index contributed by atoms with van der Waals surface area (Å²) in [5, 5.41) is 0. The molecule has 1 aliphatic rings. The van der Waals surface area contributed by atoms with Gasteiger partial charge in [-0.05, 0) is 42.4 Å². The van der Waals surface area contributed by atoms with Crippen molar-refractivity contribution in [3.05, 3.63) is 101 Å². The first-order chi connectivity index (χ1) is 13.2. The minimum atomic E-state index is -0.173. The molecule has 0 spiro atoms. The zero-order chi connectivity index (χ0) is 18.7. The van der Waals surface area contributed by atoms with Crippen molar-refractivity contribution in [1.82, 2.24) is 4.90 Å². The van der Waals surface area contributed by atoms with Crippen molar-refractivity contribution in [2.75, 3.05) is 26.4 Å². The standard InChI is InChI=1S/C24H25NS2/c1-25(2)16-17-27-24(20-11-4-3-5-12-20)21-13-7-6-10-19(21)18-26-23-15-9-8-14-22(23)24/h3-15H,16-18H2,1-2H3/t24-/m0/s1. The van der Waals surface area contributed by atoms with E-state index >= 15 is 0 Å². The van der Waals surface area contributed by atoms with E-state index in [0.29, 0.717) is 0 Å². The van der Waals surface area contributed by atoms with Crippen LogP contribution in [0.3, 0.4) is 0 Å². The molecule has 1 nitrogen and oxygen atoms in total. The molecule has 0 fully saturated rings. The van der Waals surface area contributed by atoms with Gasteiger partial charge in [0, 0.05) is 22.9 Å². The Kier molecular flexibility index (Phi) is 5.63. The molecule has 0 amide bonds. The Morgan fingerprint density at radius 1 is 0.852 bits per heavy atom. The third-order valence-corrected chi connectivity index (χ3v) is 7.70. The molecule has 3 aromatic rings. The Morgan fingerprint density at radius 3 is 2.30 bits per heavy atom. The molecule has 0 bridgehead atoms. The van der Waals surface area contributed by atoms with E-state index in [-0.39, 0.29) is 4.75 Å². The Hall–Kier alpha value is -1.68. The van der Waals surface area contributed by atoms with Crippen molar-refractivity contribution in [3.63, 3.8) is 0 Å². The molecular weight excluding hydrogens is 366 g/mol. The summed E-state index contributed by atoms with van der Waals surface area (Å²) in [7, 11) is 4.31. The second-order valence-electron chi connectivity index (χ2n) is 7.14. The highest BCUT2D eigenvalue weighted by molar-refractivity contribution is 8.01. The van der Waals surface area contributed by atoms with Gasteiger partial charge in [0.1, 0.15) is 0 Å². The van der Waals surface area contributed by atoms with Crippen molar-refractivity contribution in [2.45, 2.75) is 15.4 Å². The highest BCUT2D eigenvalue weighted by Crippen LogP contribution is 2.54. The van der Waals surface area contributed by atoms with Crippen LogP contribution in [0.15, 0.2) is 83.8 Å². The second-order valence-corrected chi connectivity index (χ2v) is 9.47. The molecule has 0 unspecified atom stereocenters. The Morgan fingerprint density at radius 2 is 1.52 bits per heavy atom. The van der Waals surface area contributed by atoms with E-state index in [1.807, 2.05) is 11.8 Å². The largest absolute Gasteiger partial charge is 0.309 e. The van der Waals surface area contributed by atoms with E-state index in [1.165, 1.54) is 27.1 Å². The van der Waals surface area contributed by atoms with Gasteiger partial charge >= 0.3 is 0 Å². The summed E-state index contributed by atoms with van der Waals surface area (Å²) >= 11 is 4.04. The van der Waals surface area contributed by atoms with Crippen LogP contribution in [0, 0.1) is 0 Å². The maximum absolute atomic E-state index is 2.34. The molecule has 0 saturated carbocycles. The smallest absolute Gasteiger partial charge is 0.0921 e. The SMILES string of the molecule is CN(C)CCS[C@@]1(c2ccccc2)c2ccccc2CSc2ccccc21. The minimum absolute atomic E-state index is 0.173. The van der Waals surface area contributed by atoms with Crippen molar-refractivity contribution < 1.29 is 0 Å². The third kappa shape index (κ3) is 3.56. The van der Waals surface area contributed by atoms with Crippen LogP contribution >= 0.6 is 23.5 Å². The van der Waals surface area contributed by atoms with Crippen LogP contribution in [0.2, 0.25) is 0 Å². The Bertz CT molecular complexity index is 858. The van der Waals surface area contributed by atoms with Crippen molar-refractivity contribution >= 4 is 23.5 Å². The summed E-state index contributed by atoms with van der Waals surface area (Å²) in [5.41, 5.74) is 5.68. The fourth-order valence-corrected chi connectivity index (χ4v) is 6.71. The highest BCUT2D eigenvalue weighted by atomic mass is 32.2. The van der Waals surface area contributed by atoms with Gasteiger partial charge in [-0.25, -0.2) is 0 Å². The van der Waals surface area contributed by atoms with Gasteiger partial charge in [0.2, 0.25) is 0 Å². The molecule has 3 heteroatoms. The molecule has 138 valence electrons. The number of nitrogens with zero attached hydrogens (tertiary/aromatic N) is 1. The van der Waals surface area contributed by atoms with Crippen LogP contribution in [0.5, 0.6) is 0 Å². The van der Waals surface area contributed by atoms with E-state index < -0.39 is 0 Å². The zero-order valence-corrected chi connectivity index (χ0v) is 17.5. The quantitative estimate of drug-likeness (QED) is 0.535. The zero-order valence-electron chi connectivity index (χ0n) is 15.9. The fourth-order valence-electron chi connectivity index (χ4n) is 3.78. The molecule has 0 aliphatic carbocycles. The predicted molar refractivity (Wildman–Crippen MR) is 120 cm³/mol. The van der Waals surface area contributed by atoms with Crippen LogP contribution in [0.25, 0.3) is 0 Å². The molecule has 1 aliphatic heterocycles. The van der Waals surface area contributed by atoms with Crippen molar-refractivity contribution in [1.29, 1.82) is 0 Å². The summed E-state index contributed by atoms with van der Waals surface area (Å²) in [6.45, 7) is 1.07. The van der Waals surface area contributed by atoms with E-state index in [9.17, 15) is 0 Å². The van der Waals surface area contributed by atoms with E-state index in [0.717, 1.165) is 18.1 Å². The number of hydrogen-bond donors (Lipinski definition) is 0. The van der Waals surface area contributed by atoms with Gasteiger partial charge < -0.3 is 4.90 Å². The lowest BCUT2D eigenvalue weighted by Crippen LogP contribution is -2.29. The maximum atomic E-state index is 2.34. The van der Waals surface area contributed by atoms with Gasteiger partial charge in [-0.15, -0.1) is 23.5 Å². The minimum Gasteiger partial charge on any atom is -0.309 e. The molecule has 4 rings (SSSR count). The number of fused-ring (bicyclic) bond motifs is 2. The molecule has 0 N–H and O–H groups in total. The number of hydrogen-bond acceptors (Lipinski definition) is 3. The summed E-state index contributed by atoms with van der Waals surface area (Å²) < 4.78 is -0.173. The normalized spacial score (nSPS) is 18.6. The number of thioether (sulfide) groups is 2. The van der Waals surface area contributed by atoms with Crippen molar-refractivity contribution in [2.24, 2.45) is 0 Å². The van der Waals surface area contributed by atoms with E-state index in [2.05, 4.69) is 110 Å². The van der Waals surface area contributed by atoms with Crippen LogP contribution in [-0.2, 0) is 10.5 Å². The van der Waals surface area contributed by atoms with Crippen molar-refractivity contribution in [3.8, 4) is 0 Å². The number of benzene rings is 3. The van der Waals surface area contributed by atoms with Gasteiger partial charge in [-0.1, -0.05) is 72.8 Å². The first-order valence-corrected chi connectivity index (χ1v) is 11.3. The van der Waals surface area contributed by atoms with Crippen LogP contribution in [0.4, 0.5) is 0 Å². The maximum Gasteiger partial charge on any atom is 0.0921 e. The topological polar surface area (TPSA) is 3.24 Å². The van der Waals surface area contributed by atoms with E-state index in [4.69, 9.17) is 0 Å². The van der Waals surface area contributed by atoms with Crippen LogP contribution < -0.4 is 0 Å². The molecule has 27 heavy (non-hydrogen) atoms. The van der Waals surface area contributed by atoms with Gasteiger partial charge in [0.25, 0.3) is 0 Å². The lowest BCUT2D eigenvalue weighted by Gasteiger charge is -2.36. The summed E-state index contributed by atoms with van der Waals surface area (Å²) in [5.74, 6) is 2.10. The molecule has 0 saturated heterocycles. The van der Waals surface area contributed by atoms with Gasteiger partial charge in [0.15, 0.2) is 0 Å². The van der Waals surface area contributed by atoms with Crippen LogP contribution in [0.1, 0.15) is 22.3 Å². The summed E-state index contributed by atoms with van der Waals surface area (Å²) in [6.07, 6.45) is 0. The third-order valence-electron chi connectivity index (χ3n) is 5.08. The van der Waals surface area contributed by atoms with Gasteiger partial charge in [0.05, 0.1) is 4.75 Å². The summed E-state index contributed by atoms with van der Waals surface area (Å²) in [6, 6.07) is 29.1. The Labute approximate surface area is 171 Å². The second kappa shape index (κ2) is 8.14. The number of rotatable bonds is 5. The average Bonchev–Trinajstić information content (AvgIpc) is 2.84. The molecular formula is C24H25NS2.